The van der Waals surface area contributed by atoms with Gasteiger partial charge < -0.3 is 13.9 Å². The predicted molar refractivity (Wildman–Crippen MR) is 86.5 cm³/mol. The molecule has 2 heterocycles. The third-order valence-corrected chi connectivity index (χ3v) is 5.19. The molecule has 1 amide bonds. The molecule has 2 rings (SSSR count). The maximum atomic E-state index is 11.7. The summed E-state index contributed by atoms with van der Waals surface area (Å²) in [7, 11) is 1.30. The Labute approximate surface area is 141 Å². The van der Waals surface area contributed by atoms with Crippen molar-refractivity contribution in [2.24, 2.45) is 4.99 Å². The Morgan fingerprint density at radius 1 is 1.48 bits per heavy atom. The van der Waals surface area contributed by atoms with Gasteiger partial charge in [-0.25, -0.2) is 4.79 Å². The highest BCUT2D eigenvalue weighted by atomic mass is 32.2. The van der Waals surface area contributed by atoms with Crippen molar-refractivity contribution < 1.29 is 28.3 Å². The summed E-state index contributed by atoms with van der Waals surface area (Å²) < 4.78 is 15.4. The number of carbonyl (C=O) groups is 3. The van der Waals surface area contributed by atoms with Gasteiger partial charge in [0.2, 0.25) is 0 Å². The maximum absolute atomic E-state index is 11.7. The van der Waals surface area contributed by atoms with E-state index in [1.54, 1.807) is 19.9 Å². The third-order valence-electron chi connectivity index (χ3n) is 2.86. The van der Waals surface area contributed by atoms with E-state index in [0.717, 1.165) is 11.8 Å². The number of methoxy groups -OCH3 is 1. The molecule has 1 atom stereocenters. The second-order valence-corrected chi connectivity index (χ2v) is 6.74. The number of ether oxygens (including phenoxy) is 2. The number of thioether (sulfide) groups is 2. The summed E-state index contributed by atoms with van der Waals surface area (Å²) in [5, 5.41) is -0.929. The van der Waals surface area contributed by atoms with Crippen molar-refractivity contribution in [2.75, 3.05) is 13.7 Å². The fourth-order valence-corrected chi connectivity index (χ4v) is 3.78. The molecule has 0 N–H and O–H groups in total. The lowest BCUT2D eigenvalue weighted by molar-refractivity contribution is -0.144. The number of aliphatic imine (C=N–C) groups is 1. The second kappa shape index (κ2) is 7.69. The van der Waals surface area contributed by atoms with E-state index in [0.29, 0.717) is 27.2 Å². The molecule has 0 saturated carbocycles. The van der Waals surface area contributed by atoms with E-state index in [1.165, 1.54) is 18.9 Å². The smallest absolute Gasteiger partial charge is 0.341 e. The SMILES string of the molecule is CCOC(=O)[C@@H]1SC(SCc2cc(C(=O)OC)c(C)o2)=NC1=O. The van der Waals surface area contributed by atoms with Crippen LogP contribution in [0.25, 0.3) is 0 Å². The zero-order valence-electron chi connectivity index (χ0n) is 12.8. The molecule has 0 bridgehead atoms. The van der Waals surface area contributed by atoms with Crippen LogP contribution in [0.15, 0.2) is 15.5 Å². The van der Waals surface area contributed by atoms with Gasteiger partial charge in [-0.15, -0.1) is 0 Å². The van der Waals surface area contributed by atoms with Gasteiger partial charge in [-0.1, -0.05) is 23.5 Å². The number of amides is 1. The molecule has 23 heavy (non-hydrogen) atoms. The lowest BCUT2D eigenvalue weighted by atomic mass is 10.2. The number of hydrogen-bond acceptors (Lipinski definition) is 8. The summed E-state index contributed by atoms with van der Waals surface area (Å²) in [4.78, 5) is 38.7. The predicted octanol–water partition coefficient (Wildman–Crippen LogP) is 2.17. The summed E-state index contributed by atoms with van der Waals surface area (Å²) >= 11 is 2.32. The number of carbonyl (C=O) groups excluding carboxylic acids is 3. The summed E-state index contributed by atoms with van der Waals surface area (Å²) in [6.45, 7) is 3.56. The van der Waals surface area contributed by atoms with Gasteiger partial charge in [0.05, 0.1) is 19.5 Å². The number of nitrogens with zero attached hydrogens (tertiary/aromatic N) is 1. The van der Waals surface area contributed by atoms with Crippen LogP contribution in [-0.2, 0) is 24.8 Å². The van der Waals surface area contributed by atoms with Crippen molar-refractivity contribution in [1.82, 2.24) is 0 Å². The molecule has 124 valence electrons. The van der Waals surface area contributed by atoms with Gasteiger partial charge in [0.1, 0.15) is 21.5 Å². The van der Waals surface area contributed by atoms with Crippen molar-refractivity contribution in [3.8, 4) is 0 Å². The van der Waals surface area contributed by atoms with E-state index in [1.807, 2.05) is 0 Å². The molecule has 1 aromatic heterocycles. The standard InChI is InChI=1S/C14H15NO6S2/c1-4-20-13(18)10-11(16)15-14(23-10)22-6-8-5-9(7(2)21-8)12(17)19-3/h5,10H,4,6H2,1-3H3/t10-/m1/s1. The Hall–Kier alpha value is -1.74. The van der Waals surface area contributed by atoms with Crippen molar-refractivity contribution in [2.45, 2.75) is 24.9 Å². The minimum atomic E-state index is -0.929. The Morgan fingerprint density at radius 2 is 2.22 bits per heavy atom. The van der Waals surface area contributed by atoms with E-state index in [4.69, 9.17) is 9.15 Å². The van der Waals surface area contributed by atoms with Crippen molar-refractivity contribution in [1.29, 1.82) is 0 Å². The number of esters is 2. The van der Waals surface area contributed by atoms with E-state index >= 15 is 0 Å². The Kier molecular flexibility index (Phi) is 5.89. The first-order valence-electron chi connectivity index (χ1n) is 6.72. The van der Waals surface area contributed by atoms with Gasteiger partial charge in [-0.2, -0.15) is 4.99 Å². The van der Waals surface area contributed by atoms with Gasteiger partial charge >= 0.3 is 11.9 Å². The largest absolute Gasteiger partial charge is 0.465 e. The molecule has 0 spiro atoms. The van der Waals surface area contributed by atoms with Gasteiger partial charge in [-0.3, -0.25) is 9.59 Å². The molecule has 0 aromatic carbocycles. The topological polar surface area (TPSA) is 95.2 Å². The molecule has 0 aliphatic carbocycles. The number of hydrogen-bond donors (Lipinski definition) is 0. The average Bonchev–Trinajstić information content (AvgIpc) is 3.07. The average molecular weight is 357 g/mol. The maximum Gasteiger partial charge on any atom is 0.341 e. The van der Waals surface area contributed by atoms with Gasteiger partial charge in [0, 0.05) is 0 Å². The third kappa shape index (κ3) is 4.17. The lowest BCUT2D eigenvalue weighted by Gasteiger charge is -2.05. The zero-order valence-corrected chi connectivity index (χ0v) is 14.4. The first-order chi connectivity index (χ1) is 11.0. The number of rotatable bonds is 5. The van der Waals surface area contributed by atoms with Gasteiger partial charge in [0.15, 0.2) is 5.25 Å². The van der Waals surface area contributed by atoms with Gasteiger partial charge in [0.25, 0.3) is 5.91 Å². The molecule has 0 saturated heterocycles. The summed E-state index contributed by atoms with van der Waals surface area (Å²) in [6.07, 6.45) is 0. The quantitative estimate of drug-likeness (QED) is 0.584. The Bertz CT molecular complexity index is 666. The van der Waals surface area contributed by atoms with Crippen LogP contribution in [0.5, 0.6) is 0 Å². The highest BCUT2D eigenvalue weighted by Crippen LogP contribution is 2.32. The monoisotopic (exact) mass is 357 g/mol. The molecular formula is C14H15NO6S2. The van der Waals surface area contributed by atoms with Crippen LogP contribution in [0.1, 0.15) is 28.8 Å². The van der Waals surface area contributed by atoms with Crippen LogP contribution < -0.4 is 0 Å². The van der Waals surface area contributed by atoms with Crippen LogP contribution in [0.2, 0.25) is 0 Å². The molecule has 0 fully saturated rings. The summed E-state index contributed by atoms with van der Waals surface area (Å²) in [5.41, 5.74) is 0.365. The van der Waals surface area contributed by atoms with Crippen LogP contribution in [0.3, 0.4) is 0 Å². The first-order valence-corrected chi connectivity index (χ1v) is 8.59. The minimum absolute atomic E-state index is 0.216. The lowest BCUT2D eigenvalue weighted by Crippen LogP contribution is -2.24. The molecule has 0 radical (unpaired) electrons. The molecule has 0 unspecified atom stereocenters. The van der Waals surface area contributed by atoms with Crippen LogP contribution >= 0.6 is 23.5 Å². The van der Waals surface area contributed by atoms with Crippen LogP contribution in [0.4, 0.5) is 0 Å². The Morgan fingerprint density at radius 3 is 2.87 bits per heavy atom. The van der Waals surface area contributed by atoms with Crippen molar-refractivity contribution in [3.05, 3.63) is 23.2 Å². The molecule has 7 nitrogen and oxygen atoms in total. The molecule has 9 heteroatoms. The molecule has 1 aliphatic heterocycles. The summed E-state index contributed by atoms with van der Waals surface area (Å²) in [5.74, 6) is -0.151. The van der Waals surface area contributed by atoms with Gasteiger partial charge in [-0.05, 0) is 19.9 Å². The highest BCUT2D eigenvalue weighted by molar-refractivity contribution is 8.39. The van der Waals surface area contributed by atoms with E-state index < -0.39 is 23.1 Å². The van der Waals surface area contributed by atoms with E-state index in [-0.39, 0.29) is 6.61 Å². The van der Waals surface area contributed by atoms with E-state index in [9.17, 15) is 14.4 Å². The second-order valence-electron chi connectivity index (χ2n) is 4.43. The van der Waals surface area contributed by atoms with Crippen molar-refractivity contribution >= 4 is 45.7 Å². The highest BCUT2D eigenvalue weighted by Gasteiger charge is 2.36. The first kappa shape index (κ1) is 17.6. The molecule has 1 aliphatic rings. The fourth-order valence-electron chi connectivity index (χ4n) is 1.82. The Balaban J connectivity index is 1.95. The van der Waals surface area contributed by atoms with E-state index in [2.05, 4.69) is 9.73 Å². The number of aryl methyl sites for hydroxylation is 1. The minimum Gasteiger partial charge on any atom is -0.465 e. The zero-order chi connectivity index (χ0) is 17.0. The van der Waals surface area contributed by atoms with Crippen LogP contribution in [-0.4, -0.2) is 41.2 Å². The van der Waals surface area contributed by atoms with Crippen LogP contribution in [0, 0.1) is 6.92 Å². The fraction of sp³-hybridized carbons (Fsp3) is 0.429. The molecular weight excluding hydrogens is 342 g/mol. The summed E-state index contributed by atoms with van der Waals surface area (Å²) in [6, 6.07) is 1.60. The normalized spacial score (nSPS) is 17.1. The molecule has 1 aromatic rings. The van der Waals surface area contributed by atoms with Crippen molar-refractivity contribution in [3.63, 3.8) is 0 Å². The number of furan rings is 1.